The Morgan fingerprint density at radius 3 is 3.07 bits per heavy atom. The van der Waals surface area contributed by atoms with E-state index in [2.05, 4.69) is 45.5 Å². The van der Waals surface area contributed by atoms with Crippen molar-refractivity contribution in [3.05, 3.63) is 26.9 Å². The van der Waals surface area contributed by atoms with Crippen molar-refractivity contribution in [1.29, 1.82) is 0 Å². The summed E-state index contributed by atoms with van der Waals surface area (Å²) in [6, 6.07) is 4.83. The largest absolute Gasteiger partial charge is 0.311 e. The van der Waals surface area contributed by atoms with Gasteiger partial charge in [0.1, 0.15) is 0 Å². The molecular weight excluding hydrogens is 270 g/mol. The molecular formula is C12H16BrNS. The average molecular weight is 286 g/mol. The summed E-state index contributed by atoms with van der Waals surface area (Å²) in [5.41, 5.74) is 0. The van der Waals surface area contributed by atoms with Crippen LogP contribution in [0.1, 0.15) is 30.6 Å². The Morgan fingerprint density at radius 1 is 1.33 bits per heavy atom. The zero-order valence-electron chi connectivity index (χ0n) is 8.71. The van der Waals surface area contributed by atoms with Gasteiger partial charge in [0.05, 0.1) is 3.79 Å². The van der Waals surface area contributed by atoms with Gasteiger partial charge in [-0.2, -0.15) is 0 Å². The highest BCUT2D eigenvalue weighted by Gasteiger charge is 2.07. The summed E-state index contributed by atoms with van der Waals surface area (Å²) >= 11 is 5.26. The lowest BCUT2D eigenvalue weighted by atomic mass is 10.1. The van der Waals surface area contributed by atoms with Crippen LogP contribution in [0, 0.1) is 0 Å². The third kappa shape index (κ3) is 3.74. The van der Waals surface area contributed by atoms with E-state index < -0.39 is 0 Å². The molecule has 0 aliphatic carbocycles. The first-order valence-corrected chi connectivity index (χ1v) is 7.12. The van der Waals surface area contributed by atoms with Gasteiger partial charge in [-0.3, -0.25) is 0 Å². The van der Waals surface area contributed by atoms with E-state index in [1.807, 2.05) is 0 Å². The number of rotatable bonds is 2. The van der Waals surface area contributed by atoms with Crippen molar-refractivity contribution in [2.75, 3.05) is 6.54 Å². The van der Waals surface area contributed by atoms with Crippen LogP contribution in [0.15, 0.2) is 22.0 Å². The van der Waals surface area contributed by atoms with E-state index in [4.69, 9.17) is 0 Å². The van der Waals surface area contributed by atoms with Crippen molar-refractivity contribution >= 4 is 33.3 Å². The molecule has 0 spiro atoms. The van der Waals surface area contributed by atoms with Crippen molar-refractivity contribution in [2.24, 2.45) is 0 Å². The van der Waals surface area contributed by atoms with Gasteiger partial charge >= 0.3 is 0 Å². The molecule has 1 fully saturated rings. The van der Waals surface area contributed by atoms with E-state index in [9.17, 15) is 0 Å². The molecule has 1 aliphatic rings. The van der Waals surface area contributed by atoms with Crippen LogP contribution in [0.25, 0.3) is 6.08 Å². The molecule has 1 saturated heterocycles. The fraction of sp³-hybridized carbons (Fsp3) is 0.500. The molecule has 0 aromatic carbocycles. The van der Waals surface area contributed by atoms with E-state index in [-0.39, 0.29) is 0 Å². The molecule has 0 bridgehead atoms. The Labute approximate surface area is 104 Å². The number of hydrogen-bond donors (Lipinski definition) is 1. The molecule has 1 aliphatic heterocycles. The van der Waals surface area contributed by atoms with Crippen molar-refractivity contribution in [2.45, 2.75) is 31.7 Å². The molecule has 1 unspecified atom stereocenters. The third-order valence-electron chi connectivity index (χ3n) is 2.69. The monoisotopic (exact) mass is 285 g/mol. The molecule has 82 valence electrons. The first-order chi connectivity index (χ1) is 7.34. The molecule has 0 radical (unpaired) electrons. The molecule has 1 aromatic heterocycles. The van der Waals surface area contributed by atoms with Crippen LogP contribution in [0.4, 0.5) is 0 Å². The maximum Gasteiger partial charge on any atom is 0.0704 e. The molecule has 0 amide bonds. The summed E-state index contributed by atoms with van der Waals surface area (Å²) in [6.45, 7) is 1.17. The maximum absolute atomic E-state index is 3.56. The van der Waals surface area contributed by atoms with Gasteiger partial charge in [-0.1, -0.05) is 18.9 Å². The standard InChI is InChI=1S/C12H16BrNS/c13-12-8-7-11(15-12)6-5-10-4-2-1-3-9-14-10/h5-8,10,14H,1-4,9H2/b6-5+. The number of hydrogen-bond acceptors (Lipinski definition) is 2. The minimum absolute atomic E-state index is 0.577. The van der Waals surface area contributed by atoms with Gasteiger partial charge in [0.2, 0.25) is 0 Å². The van der Waals surface area contributed by atoms with E-state index in [1.165, 1.54) is 40.9 Å². The summed E-state index contributed by atoms with van der Waals surface area (Å²) in [4.78, 5) is 1.33. The Morgan fingerprint density at radius 2 is 2.27 bits per heavy atom. The fourth-order valence-corrected chi connectivity index (χ4v) is 3.19. The molecule has 2 heterocycles. The highest BCUT2D eigenvalue weighted by Crippen LogP contribution is 2.23. The van der Waals surface area contributed by atoms with Gasteiger partial charge in [0.25, 0.3) is 0 Å². The number of halogens is 1. The quantitative estimate of drug-likeness (QED) is 0.864. The van der Waals surface area contributed by atoms with Gasteiger partial charge in [-0.15, -0.1) is 11.3 Å². The molecule has 1 aromatic rings. The molecule has 0 saturated carbocycles. The zero-order chi connectivity index (χ0) is 10.5. The normalized spacial score (nSPS) is 23.1. The molecule has 15 heavy (non-hydrogen) atoms. The van der Waals surface area contributed by atoms with Gasteiger partial charge in [-0.05, 0) is 53.5 Å². The third-order valence-corrected chi connectivity index (χ3v) is 4.27. The van der Waals surface area contributed by atoms with Gasteiger partial charge < -0.3 is 5.32 Å². The minimum atomic E-state index is 0.577. The van der Waals surface area contributed by atoms with Gasteiger partial charge in [0.15, 0.2) is 0 Å². The second-order valence-corrected chi connectivity index (χ2v) is 6.41. The minimum Gasteiger partial charge on any atom is -0.311 e. The number of thiophene rings is 1. The van der Waals surface area contributed by atoms with Crippen LogP contribution in [0.2, 0.25) is 0 Å². The van der Waals surface area contributed by atoms with Crippen LogP contribution in [-0.4, -0.2) is 12.6 Å². The number of nitrogens with one attached hydrogen (secondary N) is 1. The predicted octanol–water partition coefficient (Wildman–Crippen LogP) is 4.06. The summed E-state index contributed by atoms with van der Waals surface area (Å²) in [7, 11) is 0. The fourth-order valence-electron chi connectivity index (χ4n) is 1.85. The molecule has 2 rings (SSSR count). The van der Waals surface area contributed by atoms with Crippen molar-refractivity contribution in [1.82, 2.24) is 5.32 Å². The van der Waals surface area contributed by atoms with E-state index in [0.717, 1.165) is 0 Å². The van der Waals surface area contributed by atoms with Crippen LogP contribution in [0.3, 0.4) is 0 Å². The Balaban J connectivity index is 1.92. The summed E-state index contributed by atoms with van der Waals surface area (Å²) in [5, 5.41) is 3.56. The molecule has 3 heteroatoms. The zero-order valence-corrected chi connectivity index (χ0v) is 11.1. The van der Waals surface area contributed by atoms with Crippen molar-refractivity contribution < 1.29 is 0 Å². The highest BCUT2D eigenvalue weighted by atomic mass is 79.9. The summed E-state index contributed by atoms with van der Waals surface area (Å²) in [6.07, 6.45) is 9.89. The van der Waals surface area contributed by atoms with Crippen LogP contribution in [0.5, 0.6) is 0 Å². The summed E-state index contributed by atoms with van der Waals surface area (Å²) < 4.78 is 1.20. The van der Waals surface area contributed by atoms with Crippen LogP contribution in [-0.2, 0) is 0 Å². The van der Waals surface area contributed by atoms with Crippen molar-refractivity contribution in [3.63, 3.8) is 0 Å². The second-order valence-electron chi connectivity index (χ2n) is 3.91. The van der Waals surface area contributed by atoms with E-state index in [0.29, 0.717) is 6.04 Å². The highest BCUT2D eigenvalue weighted by molar-refractivity contribution is 9.11. The molecule has 1 N–H and O–H groups in total. The van der Waals surface area contributed by atoms with Crippen molar-refractivity contribution in [3.8, 4) is 0 Å². The van der Waals surface area contributed by atoms with Gasteiger partial charge in [-0.25, -0.2) is 0 Å². The topological polar surface area (TPSA) is 12.0 Å². The first-order valence-electron chi connectivity index (χ1n) is 5.51. The first kappa shape index (κ1) is 11.4. The lowest BCUT2D eigenvalue weighted by Gasteiger charge is -2.09. The lowest BCUT2D eigenvalue weighted by molar-refractivity contribution is 0.599. The summed E-state index contributed by atoms with van der Waals surface area (Å²) in [5.74, 6) is 0. The van der Waals surface area contributed by atoms with Crippen LogP contribution < -0.4 is 5.32 Å². The maximum atomic E-state index is 3.56. The average Bonchev–Trinajstić information content (AvgIpc) is 2.52. The lowest BCUT2D eigenvalue weighted by Crippen LogP contribution is -2.25. The van der Waals surface area contributed by atoms with Crippen LogP contribution >= 0.6 is 27.3 Å². The molecule has 1 atom stereocenters. The van der Waals surface area contributed by atoms with E-state index in [1.54, 1.807) is 11.3 Å². The Kier molecular flexibility index (Phi) is 4.42. The smallest absolute Gasteiger partial charge is 0.0704 e. The molecule has 1 nitrogen and oxygen atoms in total. The van der Waals surface area contributed by atoms with E-state index >= 15 is 0 Å². The Hall–Kier alpha value is -0.120. The van der Waals surface area contributed by atoms with Gasteiger partial charge in [0, 0.05) is 10.9 Å². The predicted molar refractivity (Wildman–Crippen MR) is 71.3 cm³/mol. The second kappa shape index (κ2) is 5.83. The SMILES string of the molecule is Brc1ccc(/C=C/C2CCCCCN2)s1. The Bertz CT molecular complexity index is 324.